The molecule has 0 fully saturated rings. The fourth-order valence-corrected chi connectivity index (χ4v) is 2.30. The number of hydrogen-bond acceptors (Lipinski definition) is 5. The Morgan fingerprint density at radius 3 is 2.13 bits per heavy atom. The molecule has 0 radical (unpaired) electrons. The highest BCUT2D eigenvalue weighted by Crippen LogP contribution is 2.30. The van der Waals surface area contributed by atoms with E-state index in [-0.39, 0.29) is 17.1 Å². The third-order valence-corrected chi connectivity index (χ3v) is 3.70. The smallest absolute Gasteiger partial charge is 0.340 e. The lowest BCUT2D eigenvalue weighted by Gasteiger charge is -2.08. The Morgan fingerprint density at radius 1 is 1.04 bits per heavy atom. The zero-order chi connectivity index (χ0) is 17.1. The van der Waals surface area contributed by atoms with Crippen molar-refractivity contribution in [2.24, 2.45) is 0 Å². The minimum absolute atomic E-state index is 0.247. The second kappa shape index (κ2) is 6.48. The van der Waals surface area contributed by atoms with Crippen molar-refractivity contribution < 1.29 is 23.9 Å². The third-order valence-electron chi connectivity index (χ3n) is 3.70. The Balaban J connectivity index is 2.42. The first-order valence-corrected chi connectivity index (χ1v) is 6.88. The van der Waals surface area contributed by atoms with E-state index in [1.54, 1.807) is 44.3 Å². The molecule has 0 aromatic heterocycles. The van der Waals surface area contributed by atoms with Gasteiger partial charge in [-0.15, -0.1) is 0 Å². The van der Waals surface area contributed by atoms with Crippen LogP contribution >= 0.6 is 0 Å². The molecule has 0 N–H and O–H groups in total. The van der Waals surface area contributed by atoms with Crippen LogP contribution in [0.5, 0.6) is 0 Å². The molecule has 0 saturated heterocycles. The molecule has 23 heavy (non-hydrogen) atoms. The van der Waals surface area contributed by atoms with E-state index in [2.05, 4.69) is 4.74 Å². The van der Waals surface area contributed by atoms with Crippen molar-refractivity contribution >= 4 is 23.9 Å². The van der Waals surface area contributed by atoms with Crippen molar-refractivity contribution in [3.63, 3.8) is 0 Å². The van der Waals surface area contributed by atoms with Gasteiger partial charge in [-0.2, -0.15) is 0 Å². The molecular formula is C17H17NO5. The summed E-state index contributed by atoms with van der Waals surface area (Å²) in [6.45, 7) is 1.69. The molecule has 120 valence electrons. The first-order valence-electron chi connectivity index (χ1n) is 6.88. The highest BCUT2D eigenvalue weighted by molar-refractivity contribution is 6.16. The van der Waals surface area contributed by atoms with Gasteiger partial charge in [-0.25, -0.2) is 9.59 Å². The van der Waals surface area contributed by atoms with Gasteiger partial charge in [0.05, 0.1) is 30.9 Å². The monoisotopic (exact) mass is 315 g/mol. The number of likely N-dealkylation sites (N-methyl/N-ethyl adjacent to an activating group) is 1. The fourth-order valence-electron chi connectivity index (χ4n) is 2.30. The topological polar surface area (TPSA) is 72.9 Å². The minimum atomic E-state index is -0.558. The lowest BCUT2D eigenvalue weighted by molar-refractivity contribution is -0.136. The average Bonchev–Trinajstić information content (AvgIpc) is 2.78. The predicted molar refractivity (Wildman–Crippen MR) is 83.2 cm³/mol. The second-order valence-electron chi connectivity index (χ2n) is 4.99. The highest BCUT2D eigenvalue weighted by Gasteiger charge is 2.34. The van der Waals surface area contributed by atoms with Crippen LogP contribution in [0.1, 0.15) is 22.8 Å². The molecule has 1 amide bonds. The fraction of sp³-hybridized carbons (Fsp3) is 0.235. The van der Waals surface area contributed by atoms with Gasteiger partial charge in [0, 0.05) is 12.7 Å². The van der Waals surface area contributed by atoms with Crippen LogP contribution in [0.15, 0.2) is 41.1 Å². The van der Waals surface area contributed by atoms with Gasteiger partial charge in [0.2, 0.25) is 0 Å². The number of methoxy groups -OCH3 is 2. The first kappa shape index (κ1) is 16.5. The van der Waals surface area contributed by atoms with Crippen molar-refractivity contribution in [3.8, 4) is 0 Å². The van der Waals surface area contributed by atoms with E-state index in [1.807, 2.05) is 0 Å². The van der Waals surface area contributed by atoms with E-state index in [1.165, 1.54) is 19.1 Å². The van der Waals surface area contributed by atoms with Gasteiger partial charge in [0.1, 0.15) is 0 Å². The number of rotatable bonds is 3. The van der Waals surface area contributed by atoms with E-state index < -0.39 is 11.9 Å². The standard InChI is InChI=1S/C17H17NO5/c1-10-14(17(21)23-4)13(15(19)18(10)2)9-11-5-7-12(8-6-11)16(20)22-3/h5-9H,1-4H3. The first-order chi connectivity index (χ1) is 10.9. The van der Waals surface area contributed by atoms with Gasteiger partial charge in [-0.1, -0.05) is 12.1 Å². The molecule has 1 aliphatic heterocycles. The van der Waals surface area contributed by atoms with Crippen molar-refractivity contribution in [3.05, 3.63) is 52.2 Å². The van der Waals surface area contributed by atoms with Crippen molar-refractivity contribution in [2.75, 3.05) is 21.3 Å². The number of carbonyl (C=O) groups excluding carboxylic acids is 3. The number of hydrogen-bond donors (Lipinski definition) is 0. The highest BCUT2D eigenvalue weighted by atomic mass is 16.5. The Hall–Kier alpha value is -2.89. The summed E-state index contributed by atoms with van der Waals surface area (Å²) in [4.78, 5) is 37.1. The lowest BCUT2D eigenvalue weighted by atomic mass is 10.0. The van der Waals surface area contributed by atoms with E-state index in [4.69, 9.17) is 4.74 Å². The summed E-state index contributed by atoms with van der Waals surface area (Å²) in [6, 6.07) is 6.54. The van der Waals surface area contributed by atoms with Crippen molar-refractivity contribution in [1.29, 1.82) is 0 Å². The minimum Gasteiger partial charge on any atom is -0.465 e. The van der Waals surface area contributed by atoms with Gasteiger partial charge >= 0.3 is 11.9 Å². The maximum absolute atomic E-state index is 12.3. The Labute approximate surface area is 134 Å². The molecule has 0 aliphatic carbocycles. The second-order valence-corrected chi connectivity index (χ2v) is 4.99. The van der Waals surface area contributed by atoms with Crippen LogP contribution in [0.2, 0.25) is 0 Å². The normalized spacial score (nSPS) is 16.1. The predicted octanol–water partition coefficient (Wildman–Crippen LogP) is 1.78. The van der Waals surface area contributed by atoms with Crippen LogP contribution in [-0.2, 0) is 19.1 Å². The molecule has 0 atom stereocenters. The molecule has 0 spiro atoms. The third kappa shape index (κ3) is 3.01. The van der Waals surface area contributed by atoms with Crippen LogP contribution in [0.4, 0.5) is 0 Å². The molecule has 1 aliphatic rings. The molecule has 1 aromatic carbocycles. The van der Waals surface area contributed by atoms with E-state index >= 15 is 0 Å². The van der Waals surface area contributed by atoms with E-state index in [0.29, 0.717) is 16.8 Å². The number of ether oxygens (including phenoxy) is 2. The summed E-state index contributed by atoms with van der Waals surface area (Å²) < 4.78 is 9.39. The van der Waals surface area contributed by atoms with E-state index in [0.717, 1.165) is 0 Å². The van der Waals surface area contributed by atoms with Crippen LogP contribution < -0.4 is 0 Å². The molecule has 1 heterocycles. The number of nitrogens with zero attached hydrogens (tertiary/aromatic N) is 1. The number of allylic oxidation sites excluding steroid dienone is 1. The zero-order valence-electron chi connectivity index (χ0n) is 13.4. The molecule has 0 bridgehead atoms. The molecule has 6 heteroatoms. The molecule has 0 unspecified atom stereocenters. The maximum atomic E-state index is 12.3. The van der Waals surface area contributed by atoms with Crippen LogP contribution in [-0.4, -0.2) is 44.0 Å². The molecular weight excluding hydrogens is 298 g/mol. The van der Waals surface area contributed by atoms with Crippen molar-refractivity contribution in [1.82, 2.24) is 4.90 Å². The number of esters is 2. The van der Waals surface area contributed by atoms with Crippen molar-refractivity contribution in [2.45, 2.75) is 6.92 Å². The molecule has 0 saturated carbocycles. The maximum Gasteiger partial charge on any atom is 0.340 e. The van der Waals surface area contributed by atoms with Crippen LogP contribution in [0.3, 0.4) is 0 Å². The summed E-state index contributed by atoms with van der Waals surface area (Å²) in [5.74, 6) is -1.27. The Bertz CT molecular complexity index is 728. The largest absolute Gasteiger partial charge is 0.465 e. The number of benzene rings is 1. The van der Waals surface area contributed by atoms with Gasteiger partial charge in [0.15, 0.2) is 0 Å². The summed E-state index contributed by atoms with van der Waals surface area (Å²) in [7, 11) is 4.18. The summed E-state index contributed by atoms with van der Waals surface area (Å²) in [5, 5.41) is 0. The summed E-state index contributed by atoms with van der Waals surface area (Å²) in [6.07, 6.45) is 1.60. The van der Waals surface area contributed by atoms with Gasteiger partial charge < -0.3 is 14.4 Å². The number of carbonyl (C=O) groups is 3. The van der Waals surface area contributed by atoms with Gasteiger partial charge in [-0.3, -0.25) is 4.79 Å². The van der Waals surface area contributed by atoms with E-state index in [9.17, 15) is 14.4 Å². The quantitative estimate of drug-likeness (QED) is 0.628. The van der Waals surface area contributed by atoms with Crippen LogP contribution in [0, 0.1) is 0 Å². The zero-order valence-corrected chi connectivity index (χ0v) is 13.4. The number of amides is 1. The van der Waals surface area contributed by atoms with Gasteiger partial charge in [0.25, 0.3) is 5.91 Å². The molecule has 2 rings (SSSR count). The van der Waals surface area contributed by atoms with Crippen LogP contribution in [0.25, 0.3) is 6.08 Å². The molecule has 1 aromatic rings. The Kier molecular flexibility index (Phi) is 4.64. The average molecular weight is 315 g/mol. The SMILES string of the molecule is COC(=O)C1=C(C)N(C)C(=O)C1=Cc1ccc(C(=O)OC)cc1. The molecule has 6 nitrogen and oxygen atoms in total. The summed E-state index contributed by atoms with van der Waals surface area (Å²) >= 11 is 0. The Morgan fingerprint density at radius 2 is 1.61 bits per heavy atom. The lowest BCUT2D eigenvalue weighted by Crippen LogP contribution is -2.19. The van der Waals surface area contributed by atoms with Gasteiger partial charge in [-0.05, 0) is 30.7 Å². The summed E-state index contributed by atoms with van der Waals surface area (Å²) in [5.41, 5.74) is 2.15.